The number of benzene rings is 2. The molecule has 0 spiro atoms. The SMILES string of the molecule is Cc1ccc(C(=O)N[C@H](c2nnc(SCC(=O)Nc3ccc(C)c(Cl)c3)n2C)C(C)C)cc1. The van der Waals surface area contributed by atoms with Gasteiger partial charge >= 0.3 is 0 Å². The van der Waals surface area contributed by atoms with Crippen molar-refractivity contribution in [2.24, 2.45) is 13.0 Å². The second-order valence-corrected chi connectivity index (χ2v) is 9.61. The number of thioether (sulfide) groups is 1. The highest BCUT2D eigenvalue weighted by molar-refractivity contribution is 7.99. The van der Waals surface area contributed by atoms with Gasteiger partial charge in [0.1, 0.15) is 0 Å². The number of rotatable bonds is 8. The molecule has 0 aliphatic carbocycles. The predicted molar refractivity (Wildman–Crippen MR) is 133 cm³/mol. The summed E-state index contributed by atoms with van der Waals surface area (Å²) in [4.78, 5) is 25.1. The van der Waals surface area contributed by atoms with Gasteiger partial charge in [-0.15, -0.1) is 10.2 Å². The quantitative estimate of drug-likeness (QED) is 0.441. The van der Waals surface area contributed by atoms with Gasteiger partial charge in [-0.3, -0.25) is 9.59 Å². The van der Waals surface area contributed by atoms with E-state index in [9.17, 15) is 9.59 Å². The standard InChI is InChI=1S/C24H28ClN5O2S/c1-14(2)21(27-23(32)17-9-6-15(3)7-10-17)22-28-29-24(30(22)5)33-13-20(31)26-18-11-8-16(4)19(25)12-18/h6-12,14,21H,13H2,1-5H3,(H,26,31)(H,27,32)/t21-/m0/s1. The van der Waals surface area contributed by atoms with Crippen LogP contribution in [0.5, 0.6) is 0 Å². The Labute approximate surface area is 203 Å². The number of aromatic nitrogens is 3. The van der Waals surface area contributed by atoms with Gasteiger partial charge < -0.3 is 15.2 Å². The smallest absolute Gasteiger partial charge is 0.251 e. The molecule has 0 saturated carbocycles. The first-order chi connectivity index (χ1) is 15.7. The van der Waals surface area contributed by atoms with Crippen molar-refractivity contribution in [1.82, 2.24) is 20.1 Å². The molecule has 1 heterocycles. The van der Waals surface area contributed by atoms with Gasteiger partial charge in [0, 0.05) is 23.3 Å². The molecule has 3 rings (SSSR count). The molecule has 3 aromatic rings. The fraction of sp³-hybridized carbons (Fsp3) is 0.333. The van der Waals surface area contributed by atoms with Crippen LogP contribution in [0.4, 0.5) is 5.69 Å². The Morgan fingerprint density at radius 3 is 2.42 bits per heavy atom. The molecule has 0 unspecified atom stereocenters. The van der Waals surface area contributed by atoms with Gasteiger partial charge in [-0.1, -0.05) is 61.0 Å². The first-order valence-corrected chi connectivity index (χ1v) is 12.0. The van der Waals surface area contributed by atoms with Gasteiger partial charge in [-0.25, -0.2) is 0 Å². The summed E-state index contributed by atoms with van der Waals surface area (Å²) in [5.41, 5.74) is 3.28. The zero-order valence-electron chi connectivity index (χ0n) is 19.3. The third-order valence-electron chi connectivity index (χ3n) is 5.20. The van der Waals surface area contributed by atoms with E-state index in [0.717, 1.165) is 11.1 Å². The topological polar surface area (TPSA) is 88.9 Å². The van der Waals surface area contributed by atoms with Gasteiger partial charge in [0.2, 0.25) is 5.91 Å². The third kappa shape index (κ3) is 6.36. The summed E-state index contributed by atoms with van der Waals surface area (Å²) in [5, 5.41) is 15.6. The number of carbonyl (C=O) groups excluding carboxylic acids is 2. The minimum atomic E-state index is -0.325. The first kappa shape index (κ1) is 24.8. The lowest BCUT2D eigenvalue weighted by Gasteiger charge is -2.21. The monoisotopic (exact) mass is 485 g/mol. The minimum absolute atomic E-state index is 0.0923. The number of halogens is 1. The maximum atomic E-state index is 12.8. The number of hydrogen-bond donors (Lipinski definition) is 2. The van der Waals surface area contributed by atoms with E-state index in [2.05, 4.69) is 20.8 Å². The summed E-state index contributed by atoms with van der Waals surface area (Å²) in [6.07, 6.45) is 0. The Kier molecular flexibility index (Phi) is 8.15. The average molecular weight is 486 g/mol. The predicted octanol–water partition coefficient (Wildman–Crippen LogP) is 4.94. The van der Waals surface area contributed by atoms with Crippen molar-refractivity contribution in [2.75, 3.05) is 11.1 Å². The molecule has 2 N–H and O–H groups in total. The zero-order chi connectivity index (χ0) is 24.1. The van der Waals surface area contributed by atoms with Gasteiger partial charge in [0.25, 0.3) is 5.91 Å². The summed E-state index contributed by atoms with van der Waals surface area (Å²) >= 11 is 7.40. The van der Waals surface area contributed by atoms with Crippen molar-refractivity contribution in [3.63, 3.8) is 0 Å². The van der Waals surface area contributed by atoms with Crippen LogP contribution in [0, 0.1) is 19.8 Å². The van der Waals surface area contributed by atoms with Crippen molar-refractivity contribution in [3.05, 3.63) is 70.0 Å². The molecule has 2 aromatic carbocycles. The molecule has 0 aliphatic heterocycles. The molecule has 1 atom stereocenters. The van der Waals surface area contributed by atoms with E-state index in [0.29, 0.717) is 27.3 Å². The summed E-state index contributed by atoms with van der Waals surface area (Å²) in [5.74, 6) is 0.563. The Morgan fingerprint density at radius 1 is 1.09 bits per heavy atom. The highest BCUT2D eigenvalue weighted by Crippen LogP contribution is 2.25. The molecule has 0 fully saturated rings. The van der Waals surface area contributed by atoms with Crippen molar-refractivity contribution in [1.29, 1.82) is 0 Å². The average Bonchev–Trinajstić information content (AvgIpc) is 3.13. The largest absolute Gasteiger partial charge is 0.342 e. The number of aryl methyl sites for hydroxylation is 2. The molecule has 0 saturated heterocycles. The lowest BCUT2D eigenvalue weighted by molar-refractivity contribution is -0.113. The second-order valence-electron chi connectivity index (χ2n) is 8.26. The number of carbonyl (C=O) groups is 2. The Morgan fingerprint density at radius 2 is 1.79 bits per heavy atom. The third-order valence-corrected chi connectivity index (χ3v) is 6.63. The lowest BCUT2D eigenvalue weighted by atomic mass is 10.0. The van der Waals surface area contributed by atoms with Crippen LogP contribution in [-0.4, -0.2) is 32.3 Å². The van der Waals surface area contributed by atoms with E-state index in [-0.39, 0.29) is 29.5 Å². The number of anilines is 1. The Balaban J connectivity index is 1.65. The van der Waals surface area contributed by atoms with Crippen LogP contribution < -0.4 is 10.6 Å². The van der Waals surface area contributed by atoms with Crippen LogP contribution in [0.1, 0.15) is 47.2 Å². The summed E-state index contributed by atoms with van der Waals surface area (Å²) in [7, 11) is 1.84. The van der Waals surface area contributed by atoms with Gasteiger partial charge in [0.05, 0.1) is 11.8 Å². The molecule has 2 amide bonds. The summed E-state index contributed by atoms with van der Waals surface area (Å²) < 4.78 is 1.82. The normalized spacial score (nSPS) is 12.0. The van der Waals surface area contributed by atoms with Crippen molar-refractivity contribution >= 4 is 40.9 Å². The van der Waals surface area contributed by atoms with E-state index in [4.69, 9.17) is 11.6 Å². The molecule has 0 aliphatic rings. The van der Waals surface area contributed by atoms with Crippen LogP contribution in [0.15, 0.2) is 47.6 Å². The first-order valence-electron chi connectivity index (χ1n) is 10.6. The summed E-state index contributed by atoms with van der Waals surface area (Å²) in [6, 6.07) is 12.5. The van der Waals surface area contributed by atoms with E-state index >= 15 is 0 Å². The molecule has 1 aromatic heterocycles. The minimum Gasteiger partial charge on any atom is -0.342 e. The number of nitrogens with zero attached hydrogens (tertiary/aromatic N) is 3. The molecule has 33 heavy (non-hydrogen) atoms. The van der Waals surface area contributed by atoms with Gasteiger partial charge in [0.15, 0.2) is 11.0 Å². The van der Waals surface area contributed by atoms with Crippen LogP contribution in [0.3, 0.4) is 0 Å². The fourth-order valence-electron chi connectivity index (χ4n) is 3.18. The highest BCUT2D eigenvalue weighted by Gasteiger charge is 2.25. The Hall–Kier alpha value is -2.84. The van der Waals surface area contributed by atoms with E-state index in [1.54, 1.807) is 18.2 Å². The number of hydrogen-bond acceptors (Lipinski definition) is 5. The van der Waals surface area contributed by atoms with Crippen LogP contribution >= 0.6 is 23.4 Å². The fourth-order valence-corrected chi connectivity index (χ4v) is 4.08. The molecule has 9 heteroatoms. The highest BCUT2D eigenvalue weighted by atomic mass is 35.5. The molecular formula is C24H28ClN5O2S. The summed E-state index contributed by atoms with van der Waals surface area (Å²) in [6.45, 7) is 7.92. The molecular weight excluding hydrogens is 458 g/mol. The maximum Gasteiger partial charge on any atom is 0.251 e. The molecule has 0 radical (unpaired) electrons. The van der Waals surface area contributed by atoms with E-state index in [1.165, 1.54) is 11.8 Å². The van der Waals surface area contributed by atoms with E-state index < -0.39 is 0 Å². The van der Waals surface area contributed by atoms with Crippen LogP contribution in [0.25, 0.3) is 0 Å². The zero-order valence-corrected chi connectivity index (χ0v) is 20.9. The van der Waals surface area contributed by atoms with E-state index in [1.807, 2.05) is 63.6 Å². The van der Waals surface area contributed by atoms with Crippen molar-refractivity contribution in [2.45, 2.75) is 38.9 Å². The van der Waals surface area contributed by atoms with Gasteiger partial charge in [-0.2, -0.15) is 0 Å². The number of amides is 2. The number of nitrogens with one attached hydrogen (secondary N) is 2. The van der Waals surface area contributed by atoms with Crippen LogP contribution in [0.2, 0.25) is 5.02 Å². The van der Waals surface area contributed by atoms with Crippen molar-refractivity contribution < 1.29 is 9.59 Å². The van der Waals surface area contributed by atoms with Gasteiger partial charge in [-0.05, 0) is 49.6 Å². The molecule has 7 nitrogen and oxygen atoms in total. The lowest BCUT2D eigenvalue weighted by Crippen LogP contribution is -2.33. The second kappa shape index (κ2) is 10.9. The molecule has 174 valence electrons. The van der Waals surface area contributed by atoms with Crippen molar-refractivity contribution in [3.8, 4) is 0 Å². The molecule has 0 bridgehead atoms. The van der Waals surface area contributed by atoms with Crippen LogP contribution in [-0.2, 0) is 11.8 Å². The maximum absolute atomic E-state index is 12.8. The Bertz CT molecular complexity index is 1140.